The van der Waals surface area contributed by atoms with E-state index in [2.05, 4.69) is 45.2 Å². The first kappa shape index (κ1) is 20.2. The van der Waals surface area contributed by atoms with Crippen LogP contribution in [0.3, 0.4) is 0 Å². The van der Waals surface area contributed by atoms with Crippen molar-refractivity contribution in [2.45, 2.75) is 39.0 Å². The van der Waals surface area contributed by atoms with Gasteiger partial charge in [0.1, 0.15) is 6.61 Å². The highest BCUT2D eigenvalue weighted by molar-refractivity contribution is 9.10. The summed E-state index contributed by atoms with van der Waals surface area (Å²) in [6, 6.07) is 14.8. The summed E-state index contributed by atoms with van der Waals surface area (Å²) in [7, 11) is 1.69. The molecule has 1 atom stereocenters. The molecular formula is C22H29BrN2O2. The summed E-state index contributed by atoms with van der Waals surface area (Å²) in [5, 5.41) is 3.63. The fourth-order valence-electron chi connectivity index (χ4n) is 3.70. The summed E-state index contributed by atoms with van der Waals surface area (Å²) in [4.78, 5) is 2.56. The number of halogens is 1. The van der Waals surface area contributed by atoms with Crippen molar-refractivity contribution in [2.75, 3.05) is 26.7 Å². The molecule has 1 aliphatic rings. The quantitative estimate of drug-likeness (QED) is 0.626. The highest BCUT2D eigenvalue weighted by Crippen LogP contribution is 2.36. The first-order valence-corrected chi connectivity index (χ1v) is 10.5. The van der Waals surface area contributed by atoms with Crippen LogP contribution in [0.5, 0.6) is 11.5 Å². The Labute approximate surface area is 171 Å². The largest absolute Gasteiger partial charge is 0.493 e. The number of nitrogens with one attached hydrogen (secondary N) is 1. The average molecular weight is 433 g/mol. The van der Waals surface area contributed by atoms with E-state index >= 15 is 0 Å². The molecule has 2 aromatic rings. The minimum Gasteiger partial charge on any atom is -0.493 e. The van der Waals surface area contributed by atoms with Gasteiger partial charge in [0.25, 0.3) is 0 Å². The standard InChI is InChI=1S/C22H29BrN2O2/c1-3-25-13-7-10-18(25)14-24-15-19-20(23)11-12-21(26-2)22(19)27-16-17-8-5-4-6-9-17/h4-6,8-9,11-12,18,24H,3,7,10,13-16H2,1-2H3. The molecule has 1 unspecified atom stereocenters. The van der Waals surface area contributed by atoms with Gasteiger partial charge in [-0.25, -0.2) is 0 Å². The van der Waals surface area contributed by atoms with Gasteiger partial charge >= 0.3 is 0 Å². The van der Waals surface area contributed by atoms with E-state index in [1.807, 2.05) is 30.3 Å². The molecule has 2 aromatic carbocycles. The lowest BCUT2D eigenvalue weighted by atomic mass is 10.1. The third-order valence-corrected chi connectivity index (χ3v) is 5.94. The molecule has 0 spiro atoms. The zero-order valence-electron chi connectivity index (χ0n) is 16.2. The summed E-state index contributed by atoms with van der Waals surface area (Å²) in [6.07, 6.45) is 2.58. The smallest absolute Gasteiger partial charge is 0.167 e. The van der Waals surface area contributed by atoms with Gasteiger partial charge < -0.3 is 14.8 Å². The Bertz CT molecular complexity index is 724. The number of methoxy groups -OCH3 is 1. The lowest BCUT2D eigenvalue weighted by Gasteiger charge is -2.23. The van der Waals surface area contributed by atoms with E-state index < -0.39 is 0 Å². The SMILES string of the molecule is CCN1CCCC1CNCc1c(Br)ccc(OC)c1OCc1ccccc1. The van der Waals surface area contributed by atoms with Crippen LogP contribution in [0.1, 0.15) is 30.9 Å². The minimum atomic E-state index is 0.521. The van der Waals surface area contributed by atoms with Crippen molar-refractivity contribution in [2.24, 2.45) is 0 Å². The van der Waals surface area contributed by atoms with Crippen molar-refractivity contribution in [3.63, 3.8) is 0 Å². The molecule has 1 fully saturated rings. The monoisotopic (exact) mass is 432 g/mol. The van der Waals surface area contributed by atoms with Gasteiger partial charge in [-0.3, -0.25) is 4.90 Å². The van der Waals surface area contributed by atoms with Crippen molar-refractivity contribution in [1.82, 2.24) is 10.2 Å². The highest BCUT2D eigenvalue weighted by Gasteiger charge is 2.23. The van der Waals surface area contributed by atoms with Crippen LogP contribution in [-0.4, -0.2) is 37.7 Å². The maximum Gasteiger partial charge on any atom is 0.167 e. The zero-order valence-corrected chi connectivity index (χ0v) is 17.8. The predicted molar refractivity (Wildman–Crippen MR) is 113 cm³/mol. The number of likely N-dealkylation sites (N-methyl/N-ethyl adjacent to an activating group) is 1. The van der Waals surface area contributed by atoms with Crippen molar-refractivity contribution in [1.29, 1.82) is 0 Å². The maximum absolute atomic E-state index is 6.19. The lowest BCUT2D eigenvalue weighted by Crippen LogP contribution is -2.37. The second kappa shape index (κ2) is 10.1. The molecule has 4 nitrogen and oxygen atoms in total. The van der Waals surface area contributed by atoms with Crippen molar-refractivity contribution < 1.29 is 9.47 Å². The highest BCUT2D eigenvalue weighted by atomic mass is 79.9. The maximum atomic E-state index is 6.19. The van der Waals surface area contributed by atoms with Gasteiger partial charge in [0, 0.05) is 29.2 Å². The molecule has 0 aromatic heterocycles. The van der Waals surface area contributed by atoms with Gasteiger partial charge in [0.2, 0.25) is 0 Å². The number of benzene rings is 2. The molecule has 146 valence electrons. The van der Waals surface area contributed by atoms with Crippen LogP contribution >= 0.6 is 15.9 Å². The molecule has 0 amide bonds. The van der Waals surface area contributed by atoms with Gasteiger partial charge in [-0.2, -0.15) is 0 Å². The number of hydrogen-bond donors (Lipinski definition) is 1. The number of nitrogens with zero attached hydrogens (tertiary/aromatic N) is 1. The molecule has 1 aliphatic heterocycles. The van der Waals surface area contributed by atoms with Crippen LogP contribution in [0, 0.1) is 0 Å². The summed E-state index contributed by atoms with van der Waals surface area (Å²) < 4.78 is 12.8. The normalized spacial score (nSPS) is 17.2. The van der Waals surface area contributed by atoms with Crippen molar-refractivity contribution in [3.8, 4) is 11.5 Å². The number of ether oxygens (including phenoxy) is 2. The van der Waals surface area contributed by atoms with Gasteiger partial charge in [-0.05, 0) is 43.6 Å². The molecule has 3 rings (SSSR count). The van der Waals surface area contributed by atoms with Gasteiger partial charge in [-0.1, -0.05) is 53.2 Å². The second-order valence-corrected chi connectivity index (χ2v) is 7.74. The van der Waals surface area contributed by atoms with Crippen LogP contribution < -0.4 is 14.8 Å². The van der Waals surface area contributed by atoms with E-state index in [9.17, 15) is 0 Å². The zero-order chi connectivity index (χ0) is 19.1. The van der Waals surface area contributed by atoms with E-state index in [-0.39, 0.29) is 0 Å². The van der Waals surface area contributed by atoms with E-state index in [1.54, 1.807) is 7.11 Å². The summed E-state index contributed by atoms with van der Waals surface area (Å²) in [5.74, 6) is 1.57. The van der Waals surface area contributed by atoms with E-state index in [0.29, 0.717) is 12.6 Å². The lowest BCUT2D eigenvalue weighted by molar-refractivity contribution is 0.258. The second-order valence-electron chi connectivity index (χ2n) is 6.89. The number of hydrogen-bond acceptors (Lipinski definition) is 4. The van der Waals surface area contributed by atoms with Crippen molar-refractivity contribution in [3.05, 3.63) is 58.1 Å². The molecule has 1 N–H and O–H groups in total. The summed E-state index contributed by atoms with van der Waals surface area (Å²) in [6.45, 7) is 6.85. The molecule has 0 bridgehead atoms. The third kappa shape index (κ3) is 5.24. The fourth-order valence-corrected chi connectivity index (χ4v) is 4.15. The Balaban J connectivity index is 1.69. The molecule has 0 saturated carbocycles. The average Bonchev–Trinajstić information content (AvgIpc) is 3.16. The van der Waals surface area contributed by atoms with Crippen LogP contribution in [0.2, 0.25) is 0 Å². The van der Waals surface area contributed by atoms with Crippen LogP contribution in [0.15, 0.2) is 46.9 Å². The minimum absolute atomic E-state index is 0.521. The first-order chi connectivity index (χ1) is 13.2. The van der Waals surface area contributed by atoms with E-state index in [4.69, 9.17) is 9.47 Å². The third-order valence-electron chi connectivity index (χ3n) is 5.20. The van der Waals surface area contributed by atoms with Crippen LogP contribution in [-0.2, 0) is 13.2 Å². The van der Waals surface area contributed by atoms with E-state index in [0.717, 1.165) is 46.7 Å². The Kier molecular flexibility index (Phi) is 7.56. The molecule has 0 radical (unpaired) electrons. The fraction of sp³-hybridized carbons (Fsp3) is 0.455. The van der Waals surface area contributed by atoms with Gasteiger partial charge in [0.15, 0.2) is 11.5 Å². The van der Waals surface area contributed by atoms with Crippen molar-refractivity contribution >= 4 is 15.9 Å². The molecule has 27 heavy (non-hydrogen) atoms. The topological polar surface area (TPSA) is 33.7 Å². The Morgan fingerprint density at radius 3 is 2.74 bits per heavy atom. The van der Waals surface area contributed by atoms with E-state index in [1.165, 1.54) is 19.4 Å². The Hall–Kier alpha value is -1.56. The number of likely N-dealkylation sites (tertiary alicyclic amines) is 1. The van der Waals surface area contributed by atoms with Crippen LogP contribution in [0.25, 0.3) is 0 Å². The molecule has 1 heterocycles. The van der Waals surface area contributed by atoms with Gasteiger partial charge in [-0.15, -0.1) is 0 Å². The summed E-state index contributed by atoms with van der Waals surface area (Å²) in [5.41, 5.74) is 2.24. The Morgan fingerprint density at radius 2 is 2.00 bits per heavy atom. The molecule has 1 saturated heterocycles. The molecular weight excluding hydrogens is 404 g/mol. The van der Waals surface area contributed by atoms with Gasteiger partial charge in [0.05, 0.1) is 7.11 Å². The first-order valence-electron chi connectivity index (χ1n) is 9.69. The molecule has 5 heteroatoms. The number of rotatable bonds is 9. The summed E-state index contributed by atoms with van der Waals surface area (Å²) >= 11 is 3.69. The Morgan fingerprint density at radius 1 is 1.19 bits per heavy atom. The van der Waals surface area contributed by atoms with Crippen LogP contribution in [0.4, 0.5) is 0 Å². The predicted octanol–water partition coefficient (Wildman–Crippen LogP) is 4.61. The molecule has 0 aliphatic carbocycles.